The number of hydrogen-bond donors (Lipinski definition) is 3. The lowest BCUT2D eigenvalue weighted by Gasteiger charge is -2.21. The zero-order chi connectivity index (χ0) is 18.9. The molecule has 0 spiro atoms. The summed E-state index contributed by atoms with van der Waals surface area (Å²) in [6.07, 6.45) is 0.272. The summed E-state index contributed by atoms with van der Waals surface area (Å²) in [5, 5.41) is 13.3. The van der Waals surface area contributed by atoms with Crippen LogP contribution in [0.3, 0.4) is 0 Å². The van der Waals surface area contributed by atoms with Gasteiger partial charge in [0.2, 0.25) is 11.8 Å². The number of carbonyl (C=O) groups excluding carboxylic acids is 2. The summed E-state index contributed by atoms with van der Waals surface area (Å²) in [6.45, 7) is 1.32. The summed E-state index contributed by atoms with van der Waals surface area (Å²) in [6, 6.07) is 17.3. The van der Waals surface area contributed by atoms with Crippen molar-refractivity contribution in [3.05, 3.63) is 66.2 Å². The minimum absolute atomic E-state index is 0.272. The van der Waals surface area contributed by atoms with Crippen LogP contribution in [-0.2, 0) is 20.8 Å². The van der Waals surface area contributed by atoms with E-state index in [4.69, 9.17) is 0 Å². The predicted octanol–water partition coefficient (Wildman–Crippen LogP) is 2.05. The highest BCUT2D eigenvalue weighted by molar-refractivity contribution is 8.00. The summed E-state index contributed by atoms with van der Waals surface area (Å²) in [7, 11) is 0. The minimum atomic E-state index is -1.16. The third-order valence-electron chi connectivity index (χ3n) is 3.47. The van der Waals surface area contributed by atoms with Gasteiger partial charge in [0.05, 0.1) is 0 Å². The van der Waals surface area contributed by atoms with Crippen molar-refractivity contribution in [1.82, 2.24) is 10.6 Å². The number of hydrogen-bond acceptors (Lipinski definition) is 4. The van der Waals surface area contributed by atoms with Gasteiger partial charge < -0.3 is 15.7 Å². The van der Waals surface area contributed by atoms with E-state index < -0.39 is 23.3 Å². The molecule has 2 aromatic rings. The van der Waals surface area contributed by atoms with Gasteiger partial charge in [0.1, 0.15) is 6.04 Å². The average Bonchev–Trinajstić information content (AvgIpc) is 2.62. The van der Waals surface area contributed by atoms with Crippen LogP contribution in [-0.4, -0.2) is 34.3 Å². The molecule has 2 atom stereocenters. The molecule has 2 aromatic carbocycles. The molecule has 0 aliphatic carbocycles. The Bertz CT molecular complexity index is 753. The van der Waals surface area contributed by atoms with Gasteiger partial charge in [-0.15, -0.1) is 0 Å². The number of thioether (sulfide) groups is 1. The lowest BCUT2D eigenvalue weighted by molar-refractivity contribution is -0.139. The van der Waals surface area contributed by atoms with Crippen LogP contribution < -0.4 is 10.6 Å². The molecule has 7 heteroatoms. The van der Waals surface area contributed by atoms with E-state index in [1.54, 1.807) is 24.3 Å². The Morgan fingerprint density at radius 2 is 1.54 bits per heavy atom. The van der Waals surface area contributed by atoms with Crippen molar-refractivity contribution in [3.8, 4) is 0 Å². The van der Waals surface area contributed by atoms with Gasteiger partial charge in [-0.1, -0.05) is 60.3 Å². The molecular weight excluding hydrogens is 352 g/mol. The first-order chi connectivity index (χ1) is 12.5. The smallest absolute Gasteiger partial charge is 0.337 e. The lowest BCUT2D eigenvalue weighted by Crippen LogP contribution is -2.51. The molecule has 0 saturated heterocycles. The van der Waals surface area contributed by atoms with Gasteiger partial charge >= 0.3 is 5.97 Å². The van der Waals surface area contributed by atoms with Crippen LogP contribution in [0, 0.1) is 0 Å². The van der Waals surface area contributed by atoms with E-state index in [1.807, 2.05) is 36.4 Å². The Labute approximate surface area is 156 Å². The molecule has 2 amide bonds. The Hall–Kier alpha value is -2.80. The van der Waals surface area contributed by atoms with Crippen molar-refractivity contribution in [2.75, 3.05) is 0 Å². The summed E-state index contributed by atoms with van der Waals surface area (Å²) >= 11 is 1.02. The maximum absolute atomic E-state index is 12.6. The SMILES string of the molecule is CC(=O)NC(Cc1ccccc1)C(=O)NC(Sc1ccccc1)C(=O)O. The van der Waals surface area contributed by atoms with Crippen LogP contribution >= 0.6 is 11.8 Å². The van der Waals surface area contributed by atoms with Gasteiger partial charge in [-0.25, -0.2) is 4.79 Å². The molecule has 0 aliphatic rings. The molecule has 136 valence electrons. The number of nitrogens with one attached hydrogen (secondary N) is 2. The van der Waals surface area contributed by atoms with E-state index in [0.717, 1.165) is 22.2 Å². The molecular formula is C19H20N2O4S. The van der Waals surface area contributed by atoms with Gasteiger partial charge in [0.25, 0.3) is 0 Å². The summed E-state index contributed by atoms with van der Waals surface area (Å²) in [5.74, 6) is -2.06. The van der Waals surface area contributed by atoms with Crippen LogP contribution in [0.2, 0.25) is 0 Å². The van der Waals surface area contributed by atoms with E-state index in [0.29, 0.717) is 0 Å². The average molecular weight is 372 g/mol. The molecule has 26 heavy (non-hydrogen) atoms. The van der Waals surface area contributed by atoms with E-state index >= 15 is 0 Å². The third-order valence-corrected chi connectivity index (χ3v) is 4.57. The highest BCUT2D eigenvalue weighted by atomic mass is 32.2. The first-order valence-corrected chi connectivity index (χ1v) is 8.89. The van der Waals surface area contributed by atoms with Gasteiger partial charge in [-0.2, -0.15) is 0 Å². The Balaban J connectivity index is 2.09. The first kappa shape index (κ1) is 19.5. The second-order valence-electron chi connectivity index (χ2n) is 5.60. The fraction of sp³-hybridized carbons (Fsp3) is 0.211. The first-order valence-electron chi connectivity index (χ1n) is 8.01. The van der Waals surface area contributed by atoms with Crippen molar-refractivity contribution in [3.63, 3.8) is 0 Å². The largest absolute Gasteiger partial charge is 0.479 e. The second-order valence-corrected chi connectivity index (χ2v) is 6.78. The Morgan fingerprint density at radius 1 is 0.962 bits per heavy atom. The molecule has 0 heterocycles. The van der Waals surface area contributed by atoms with Crippen molar-refractivity contribution in [2.24, 2.45) is 0 Å². The zero-order valence-corrected chi connectivity index (χ0v) is 15.0. The normalized spacial score (nSPS) is 12.7. The Morgan fingerprint density at radius 3 is 2.08 bits per heavy atom. The topological polar surface area (TPSA) is 95.5 Å². The molecule has 0 aromatic heterocycles. The van der Waals surface area contributed by atoms with Crippen LogP contribution in [0.4, 0.5) is 0 Å². The van der Waals surface area contributed by atoms with Crippen molar-refractivity contribution < 1.29 is 19.5 Å². The van der Waals surface area contributed by atoms with Gasteiger partial charge in [0, 0.05) is 18.2 Å². The number of carboxylic acid groups (broad SMARTS) is 1. The Kier molecular flexibility index (Phi) is 7.23. The number of benzene rings is 2. The summed E-state index contributed by atoms with van der Waals surface area (Å²) in [5.41, 5.74) is 0.865. The summed E-state index contributed by atoms with van der Waals surface area (Å²) < 4.78 is 0. The fourth-order valence-electron chi connectivity index (χ4n) is 2.31. The molecule has 2 rings (SSSR count). The van der Waals surface area contributed by atoms with Crippen molar-refractivity contribution in [2.45, 2.75) is 29.7 Å². The molecule has 0 bridgehead atoms. The molecule has 3 N–H and O–H groups in total. The standard InChI is InChI=1S/C19H20N2O4S/c1-13(22)20-16(12-14-8-4-2-5-9-14)17(23)21-18(19(24)25)26-15-10-6-3-7-11-15/h2-11,16,18H,12H2,1H3,(H,20,22)(H,21,23)(H,24,25). The van der Waals surface area contributed by atoms with E-state index in [1.165, 1.54) is 6.92 Å². The molecule has 0 radical (unpaired) electrons. The molecule has 0 fully saturated rings. The number of amides is 2. The molecule has 6 nitrogen and oxygen atoms in total. The number of carbonyl (C=O) groups is 3. The molecule has 0 aliphatic heterocycles. The number of aliphatic carboxylic acids is 1. The number of carboxylic acids is 1. The van der Waals surface area contributed by atoms with Gasteiger partial charge in [0.15, 0.2) is 5.37 Å². The number of rotatable bonds is 8. The van der Waals surface area contributed by atoms with Crippen LogP contribution in [0.25, 0.3) is 0 Å². The maximum Gasteiger partial charge on any atom is 0.337 e. The highest BCUT2D eigenvalue weighted by Crippen LogP contribution is 2.21. The monoisotopic (exact) mass is 372 g/mol. The molecule has 0 saturated carbocycles. The third kappa shape index (κ3) is 6.25. The maximum atomic E-state index is 12.6. The lowest BCUT2D eigenvalue weighted by atomic mass is 10.1. The fourth-order valence-corrected chi connectivity index (χ4v) is 3.17. The second kappa shape index (κ2) is 9.62. The summed E-state index contributed by atoms with van der Waals surface area (Å²) in [4.78, 5) is 36.3. The van der Waals surface area contributed by atoms with E-state index in [9.17, 15) is 19.5 Å². The van der Waals surface area contributed by atoms with Gasteiger partial charge in [-0.3, -0.25) is 9.59 Å². The van der Waals surface area contributed by atoms with Crippen LogP contribution in [0.15, 0.2) is 65.6 Å². The highest BCUT2D eigenvalue weighted by Gasteiger charge is 2.26. The van der Waals surface area contributed by atoms with Crippen molar-refractivity contribution >= 4 is 29.5 Å². The quantitative estimate of drug-likeness (QED) is 0.487. The van der Waals surface area contributed by atoms with E-state index in [2.05, 4.69) is 10.6 Å². The van der Waals surface area contributed by atoms with E-state index in [-0.39, 0.29) is 12.3 Å². The zero-order valence-electron chi connectivity index (χ0n) is 14.2. The molecule has 2 unspecified atom stereocenters. The van der Waals surface area contributed by atoms with Crippen LogP contribution in [0.5, 0.6) is 0 Å². The van der Waals surface area contributed by atoms with Crippen LogP contribution in [0.1, 0.15) is 12.5 Å². The minimum Gasteiger partial charge on any atom is -0.479 e. The van der Waals surface area contributed by atoms with Crippen molar-refractivity contribution in [1.29, 1.82) is 0 Å². The van der Waals surface area contributed by atoms with Gasteiger partial charge in [-0.05, 0) is 17.7 Å². The predicted molar refractivity (Wildman–Crippen MR) is 99.6 cm³/mol.